The van der Waals surface area contributed by atoms with E-state index in [1.165, 1.54) is 5.57 Å². The lowest BCUT2D eigenvalue weighted by atomic mass is 9.45. The second kappa shape index (κ2) is 6.25. The van der Waals surface area contributed by atoms with Crippen molar-refractivity contribution in [3.8, 4) is 0 Å². The van der Waals surface area contributed by atoms with Crippen molar-refractivity contribution in [3.63, 3.8) is 0 Å². The maximum absolute atomic E-state index is 12.8. The van der Waals surface area contributed by atoms with E-state index in [9.17, 15) is 14.7 Å². The number of allylic oxidation sites excluding steroid dienone is 1. The number of fused-ring (bicyclic) bond motifs is 5. The number of hydrogen-bond acceptors (Lipinski definition) is 4. The molecule has 7 atom stereocenters. The van der Waals surface area contributed by atoms with Crippen LogP contribution in [0.4, 0.5) is 0 Å². The van der Waals surface area contributed by atoms with Gasteiger partial charge < -0.3 is 9.84 Å². The molecule has 0 amide bonds. The molecule has 0 heterocycles. The molecule has 4 heteroatoms. The van der Waals surface area contributed by atoms with Gasteiger partial charge in [0.15, 0.2) is 11.6 Å². The van der Waals surface area contributed by atoms with Gasteiger partial charge in [0.25, 0.3) is 0 Å². The van der Waals surface area contributed by atoms with Gasteiger partial charge in [-0.1, -0.05) is 19.4 Å². The number of carbonyl (C=O) groups excluding carboxylic acids is 2. The number of aliphatic hydroxyl groups is 1. The third-order valence-corrected chi connectivity index (χ3v) is 8.98. The highest BCUT2D eigenvalue weighted by molar-refractivity contribution is 5.91. The van der Waals surface area contributed by atoms with Gasteiger partial charge in [-0.05, 0) is 81.6 Å². The van der Waals surface area contributed by atoms with Crippen LogP contribution in [-0.2, 0) is 14.3 Å². The van der Waals surface area contributed by atoms with Gasteiger partial charge in [-0.2, -0.15) is 0 Å². The van der Waals surface area contributed by atoms with Crippen molar-refractivity contribution in [1.82, 2.24) is 0 Å². The Morgan fingerprint density at radius 1 is 1.26 bits per heavy atom. The standard InChI is InChI=1S/C23H34O4/c1-5-27-23(14(2)24)11-9-18-17-7-6-15-12-16(25)8-10-21(15,3)20(17)19(26)13-22(18,23)4/h12,17-20,26H,5-11,13H2,1-4H3/t17-,18-,19?,20+,21-,22-,23-/m0/s1. The highest BCUT2D eigenvalue weighted by Crippen LogP contribution is 2.68. The van der Waals surface area contributed by atoms with Crippen molar-refractivity contribution in [2.75, 3.05) is 6.61 Å². The monoisotopic (exact) mass is 374 g/mol. The summed E-state index contributed by atoms with van der Waals surface area (Å²) in [5.41, 5.74) is 0.114. The van der Waals surface area contributed by atoms with Crippen molar-refractivity contribution >= 4 is 11.6 Å². The maximum atomic E-state index is 12.8. The minimum atomic E-state index is -0.752. The third kappa shape index (κ3) is 2.42. The molecule has 0 radical (unpaired) electrons. The van der Waals surface area contributed by atoms with Crippen molar-refractivity contribution < 1.29 is 19.4 Å². The van der Waals surface area contributed by atoms with E-state index in [1.807, 2.05) is 13.0 Å². The van der Waals surface area contributed by atoms with Gasteiger partial charge in [-0.15, -0.1) is 0 Å². The Balaban J connectivity index is 1.75. The SMILES string of the molecule is CCO[C@]1(C(C)=O)CC[C@H]2[C@@H]3CCC4=CC(=O)CC[C@]4(C)[C@H]3C(O)C[C@@]21C. The van der Waals surface area contributed by atoms with Gasteiger partial charge in [0.05, 0.1) is 6.10 Å². The summed E-state index contributed by atoms with van der Waals surface area (Å²) in [5, 5.41) is 11.4. The molecule has 1 unspecified atom stereocenters. The second-order valence-electron chi connectivity index (χ2n) is 9.93. The summed E-state index contributed by atoms with van der Waals surface area (Å²) in [6.07, 6.45) is 7.21. The minimum Gasteiger partial charge on any atom is -0.393 e. The fourth-order valence-corrected chi connectivity index (χ4v) is 7.84. The number of rotatable bonds is 3. The summed E-state index contributed by atoms with van der Waals surface area (Å²) >= 11 is 0. The van der Waals surface area contributed by atoms with Gasteiger partial charge in [0, 0.05) is 18.4 Å². The number of hydrogen-bond donors (Lipinski definition) is 1. The Kier molecular flexibility index (Phi) is 4.47. The van der Waals surface area contributed by atoms with Gasteiger partial charge in [0.1, 0.15) is 5.60 Å². The van der Waals surface area contributed by atoms with Crippen LogP contribution in [0.5, 0.6) is 0 Å². The lowest BCUT2D eigenvalue weighted by Gasteiger charge is -2.61. The molecular formula is C23H34O4. The molecule has 0 aromatic heterocycles. The van der Waals surface area contributed by atoms with Crippen molar-refractivity contribution in [1.29, 1.82) is 0 Å². The molecule has 0 aliphatic heterocycles. The van der Waals surface area contributed by atoms with Gasteiger partial charge in [-0.3, -0.25) is 9.59 Å². The molecule has 4 aliphatic carbocycles. The maximum Gasteiger partial charge on any atom is 0.162 e. The van der Waals surface area contributed by atoms with E-state index in [4.69, 9.17) is 4.74 Å². The number of Topliss-reactive ketones (excluding diaryl/α,β-unsaturated/α-hetero) is 1. The van der Waals surface area contributed by atoms with E-state index in [0.29, 0.717) is 31.3 Å². The van der Waals surface area contributed by atoms with Crippen LogP contribution in [0.1, 0.15) is 72.6 Å². The molecule has 0 aromatic rings. The van der Waals surface area contributed by atoms with Crippen LogP contribution in [0, 0.1) is 28.6 Å². The Morgan fingerprint density at radius 3 is 2.67 bits per heavy atom. The van der Waals surface area contributed by atoms with Crippen LogP contribution < -0.4 is 0 Å². The molecule has 4 nitrogen and oxygen atoms in total. The first kappa shape index (κ1) is 19.3. The molecule has 3 saturated carbocycles. The van der Waals surface area contributed by atoms with Crippen LogP contribution >= 0.6 is 0 Å². The van der Waals surface area contributed by atoms with Crippen LogP contribution in [0.2, 0.25) is 0 Å². The fourth-order valence-electron chi connectivity index (χ4n) is 7.84. The summed E-state index contributed by atoms with van der Waals surface area (Å²) in [4.78, 5) is 24.7. The van der Waals surface area contributed by atoms with Crippen molar-refractivity contribution in [2.45, 2.75) is 84.3 Å². The largest absolute Gasteiger partial charge is 0.393 e. The van der Waals surface area contributed by atoms with Crippen LogP contribution in [-0.4, -0.2) is 35.0 Å². The molecule has 150 valence electrons. The summed E-state index contributed by atoms with van der Waals surface area (Å²) in [6.45, 7) is 8.61. The molecule has 3 fully saturated rings. The number of carbonyl (C=O) groups is 2. The van der Waals surface area contributed by atoms with Crippen LogP contribution in [0.25, 0.3) is 0 Å². The molecule has 4 aliphatic rings. The summed E-state index contributed by atoms with van der Waals surface area (Å²) in [5.74, 6) is 1.34. The lowest BCUT2D eigenvalue weighted by Crippen LogP contribution is -2.62. The Bertz CT molecular complexity index is 696. The van der Waals surface area contributed by atoms with E-state index < -0.39 is 11.7 Å². The molecule has 1 N–H and O–H groups in total. The first-order valence-electron chi connectivity index (χ1n) is 10.8. The smallest absolute Gasteiger partial charge is 0.162 e. The second-order valence-corrected chi connectivity index (χ2v) is 9.93. The van der Waals surface area contributed by atoms with E-state index in [2.05, 4.69) is 13.8 Å². The molecule has 0 saturated heterocycles. The van der Waals surface area contributed by atoms with E-state index in [0.717, 1.165) is 32.1 Å². The van der Waals surface area contributed by atoms with Gasteiger partial charge in [0.2, 0.25) is 0 Å². The number of aliphatic hydroxyl groups excluding tert-OH is 1. The van der Waals surface area contributed by atoms with E-state index in [-0.39, 0.29) is 28.3 Å². The summed E-state index contributed by atoms with van der Waals surface area (Å²) < 4.78 is 6.18. The van der Waals surface area contributed by atoms with Crippen molar-refractivity contribution in [2.24, 2.45) is 28.6 Å². The zero-order chi connectivity index (χ0) is 19.6. The normalized spacial score (nSPS) is 49.1. The Morgan fingerprint density at radius 2 is 2.00 bits per heavy atom. The number of ketones is 2. The van der Waals surface area contributed by atoms with Crippen LogP contribution in [0.3, 0.4) is 0 Å². The lowest BCUT2D eigenvalue weighted by molar-refractivity contribution is -0.192. The fraction of sp³-hybridized carbons (Fsp3) is 0.826. The van der Waals surface area contributed by atoms with Crippen molar-refractivity contribution in [3.05, 3.63) is 11.6 Å². The first-order valence-corrected chi connectivity index (χ1v) is 10.8. The molecule has 0 spiro atoms. The zero-order valence-electron chi connectivity index (χ0n) is 17.2. The Hall–Kier alpha value is -1.00. The average molecular weight is 375 g/mol. The topological polar surface area (TPSA) is 63.6 Å². The molecule has 0 bridgehead atoms. The predicted molar refractivity (Wildman–Crippen MR) is 103 cm³/mol. The summed E-state index contributed by atoms with van der Waals surface area (Å²) in [7, 11) is 0. The van der Waals surface area contributed by atoms with E-state index in [1.54, 1.807) is 6.92 Å². The van der Waals surface area contributed by atoms with Gasteiger partial charge >= 0.3 is 0 Å². The number of ether oxygens (including phenoxy) is 1. The predicted octanol–water partition coefficient (Wildman–Crippen LogP) is 3.85. The molecule has 27 heavy (non-hydrogen) atoms. The molecule has 0 aromatic carbocycles. The summed E-state index contributed by atoms with van der Waals surface area (Å²) in [6, 6.07) is 0. The van der Waals surface area contributed by atoms with E-state index >= 15 is 0 Å². The first-order chi connectivity index (χ1) is 12.7. The third-order valence-electron chi connectivity index (χ3n) is 8.98. The minimum absolute atomic E-state index is 0.0787. The highest BCUT2D eigenvalue weighted by atomic mass is 16.5. The Labute approximate surface area is 162 Å². The molecule has 4 rings (SSSR count). The molecular weight excluding hydrogens is 340 g/mol. The quantitative estimate of drug-likeness (QED) is 0.815. The van der Waals surface area contributed by atoms with Crippen LogP contribution in [0.15, 0.2) is 11.6 Å². The highest BCUT2D eigenvalue weighted by Gasteiger charge is 2.68. The zero-order valence-corrected chi connectivity index (χ0v) is 17.2. The average Bonchev–Trinajstić information content (AvgIpc) is 2.89. The van der Waals surface area contributed by atoms with Gasteiger partial charge in [-0.25, -0.2) is 0 Å².